The van der Waals surface area contributed by atoms with Crippen molar-refractivity contribution >= 4 is 117 Å². The van der Waals surface area contributed by atoms with Gasteiger partial charge in [0.15, 0.2) is 5.58 Å². The molecule has 0 fully saturated rings. The van der Waals surface area contributed by atoms with E-state index in [9.17, 15) is 0 Å². The highest BCUT2D eigenvalue weighted by Gasteiger charge is 2.45. The highest BCUT2D eigenvalue weighted by atomic mass is 32.1. The number of furan rings is 1. The molecule has 0 saturated carbocycles. The molecular weight excluding hydrogens is 822 g/mol. The first kappa shape index (κ1) is 38.6. The fourth-order valence-corrected chi connectivity index (χ4v) is 11.8. The Morgan fingerprint density at radius 2 is 1.12 bits per heavy atom. The largest absolute Gasteiger partial charge is 0.454 e. The quantitative estimate of drug-likeness (QED) is 0.155. The lowest BCUT2D eigenvalue weighted by Gasteiger charge is -2.43. The number of thiophene rings is 1. The van der Waals surface area contributed by atoms with Gasteiger partial charge < -0.3 is 19.1 Å². The molecule has 0 bridgehead atoms. The molecule has 2 aliphatic rings. The van der Waals surface area contributed by atoms with Crippen LogP contribution in [0.4, 0.5) is 51.2 Å². The molecule has 0 aliphatic carbocycles. The summed E-state index contributed by atoms with van der Waals surface area (Å²) in [5.41, 5.74) is 18.2. The Labute approximate surface area is 389 Å². The number of rotatable bonds is 6. The van der Waals surface area contributed by atoms with E-state index in [2.05, 4.69) is 248 Å². The lowest BCUT2D eigenvalue weighted by Crippen LogP contribution is -2.60. The molecule has 0 radical (unpaired) electrons. The van der Waals surface area contributed by atoms with E-state index in [0.717, 1.165) is 61.8 Å². The van der Waals surface area contributed by atoms with Crippen LogP contribution in [0.1, 0.15) is 26.3 Å². The minimum absolute atomic E-state index is 0.0274. The van der Waals surface area contributed by atoms with Crippen LogP contribution in [0.15, 0.2) is 217 Å². The van der Waals surface area contributed by atoms with Gasteiger partial charge in [-0.05, 0) is 118 Å². The Bertz CT molecular complexity index is 3610. The van der Waals surface area contributed by atoms with Crippen LogP contribution in [-0.2, 0) is 5.41 Å². The van der Waals surface area contributed by atoms with Gasteiger partial charge in [0.25, 0.3) is 6.71 Å². The van der Waals surface area contributed by atoms with E-state index < -0.39 is 0 Å². The van der Waals surface area contributed by atoms with Crippen LogP contribution in [0.2, 0.25) is 0 Å². The van der Waals surface area contributed by atoms with Gasteiger partial charge in [-0.15, -0.1) is 11.3 Å². The number of nitrogens with zero attached hydrogens (tertiary/aromatic N) is 3. The topological polar surface area (TPSA) is 22.9 Å². The second-order valence-electron chi connectivity index (χ2n) is 18.5. The van der Waals surface area contributed by atoms with Crippen molar-refractivity contribution in [1.29, 1.82) is 0 Å². The third-order valence-electron chi connectivity index (χ3n) is 13.6. The van der Waals surface area contributed by atoms with Crippen molar-refractivity contribution in [2.45, 2.75) is 26.2 Å². The second-order valence-corrected chi connectivity index (χ2v) is 19.6. The number of hydrogen-bond acceptors (Lipinski definition) is 5. The van der Waals surface area contributed by atoms with Gasteiger partial charge in [-0.1, -0.05) is 148 Å². The van der Waals surface area contributed by atoms with Crippen LogP contribution in [0, 0.1) is 0 Å². The average molecular weight is 866 g/mol. The lowest BCUT2D eigenvalue weighted by molar-refractivity contribution is 0.590. The van der Waals surface area contributed by atoms with Gasteiger partial charge in [-0.25, -0.2) is 0 Å². The number of fused-ring (bicyclic) bond motifs is 9. The van der Waals surface area contributed by atoms with E-state index >= 15 is 0 Å². The van der Waals surface area contributed by atoms with Crippen LogP contribution < -0.4 is 30.4 Å². The SMILES string of the molecule is CC(C)(C)c1ccc(N2c3cccc4c3B(c3ccc(N(c5ccccc5)c5ccccc5)cc3N4c3cccc4c3oc3ccccc34)c3sc4ccc(-c5ccccc5)cc4c32)cc1. The summed E-state index contributed by atoms with van der Waals surface area (Å²) in [4.78, 5) is 7.41. The van der Waals surface area contributed by atoms with Gasteiger partial charge in [0, 0.05) is 65.4 Å². The van der Waals surface area contributed by atoms with E-state index in [0.29, 0.717) is 0 Å². The van der Waals surface area contributed by atoms with Gasteiger partial charge in [-0.2, -0.15) is 0 Å². The number of benzene rings is 9. The molecule has 2 aromatic heterocycles. The standard InChI is InChI=1S/C60H44BN3OS/c1-60(2,3)41-30-32-44(33-31-41)63-50-25-16-26-51-56(50)61(59-57(63)48-37-40(29-36-55(48)66-59)39-17-7-4-8-18-39)49-35-34-45(62(42-19-9-5-10-20-42)43-21-11-6-12-22-43)38-53(49)64(51)52-27-15-24-47-46-23-13-14-28-54(46)65-58(47)52/h4-38H,1-3H3. The molecule has 11 aromatic rings. The van der Waals surface area contributed by atoms with Crippen molar-refractivity contribution in [3.8, 4) is 11.1 Å². The fraction of sp³-hybridized carbons (Fsp3) is 0.0667. The van der Waals surface area contributed by atoms with Crippen molar-refractivity contribution in [2.75, 3.05) is 14.7 Å². The molecule has 0 N–H and O–H groups in total. The predicted octanol–water partition coefficient (Wildman–Crippen LogP) is 15.3. The highest BCUT2D eigenvalue weighted by Crippen LogP contribution is 2.51. The smallest absolute Gasteiger partial charge is 0.264 e. The Morgan fingerprint density at radius 3 is 1.85 bits per heavy atom. The Hall–Kier alpha value is -7.80. The monoisotopic (exact) mass is 865 g/mol. The molecule has 6 heteroatoms. The van der Waals surface area contributed by atoms with Gasteiger partial charge in [-0.3, -0.25) is 0 Å². The molecule has 0 spiro atoms. The zero-order chi connectivity index (χ0) is 44.1. The minimum Gasteiger partial charge on any atom is -0.454 e. The Morgan fingerprint density at radius 1 is 0.485 bits per heavy atom. The van der Waals surface area contributed by atoms with E-state index in [1.165, 1.54) is 53.9 Å². The summed E-state index contributed by atoms with van der Waals surface area (Å²) in [5.74, 6) is 0. The van der Waals surface area contributed by atoms with Gasteiger partial charge >= 0.3 is 0 Å². The van der Waals surface area contributed by atoms with Crippen molar-refractivity contribution < 1.29 is 4.42 Å². The van der Waals surface area contributed by atoms with Crippen LogP contribution in [0.5, 0.6) is 0 Å². The molecule has 0 amide bonds. The van der Waals surface area contributed by atoms with E-state index in [1.54, 1.807) is 0 Å². The first-order valence-electron chi connectivity index (χ1n) is 22.8. The van der Waals surface area contributed by atoms with Crippen molar-refractivity contribution in [2.24, 2.45) is 0 Å². The zero-order valence-corrected chi connectivity index (χ0v) is 37.8. The number of anilines is 9. The van der Waals surface area contributed by atoms with Crippen LogP contribution >= 0.6 is 11.3 Å². The van der Waals surface area contributed by atoms with Gasteiger partial charge in [0.2, 0.25) is 0 Å². The third kappa shape index (κ3) is 5.98. The number of para-hydroxylation sites is 4. The Kier molecular flexibility index (Phi) is 8.71. The maximum absolute atomic E-state index is 6.89. The van der Waals surface area contributed by atoms with E-state index in [-0.39, 0.29) is 12.1 Å². The molecule has 0 unspecified atom stereocenters. The maximum atomic E-state index is 6.89. The predicted molar refractivity (Wildman–Crippen MR) is 282 cm³/mol. The van der Waals surface area contributed by atoms with E-state index in [4.69, 9.17) is 4.42 Å². The summed E-state index contributed by atoms with van der Waals surface area (Å²) < 4.78 is 9.51. The molecule has 2 aliphatic heterocycles. The minimum atomic E-state index is -0.0362. The van der Waals surface area contributed by atoms with Crippen LogP contribution in [0.3, 0.4) is 0 Å². The van der Waals surface area contributed by atoms with Gasteiger partial charge in [0.1, 0.15) is 5.58 Å². The summed E-state index contributed by atoms with van der Waals surface area (Å²) in [7, 11) is 0. The first-order chi connectivity index (χ1) is 32.4. The lowest BCUT2D eigenvalue weighted by atomic mass is 9.36. The van der Waals surface area contributed by atoms with Crippen molar-refractivity contribution in [3.05, 3.63) is 218 Å². The van der Waals surface area contributed by atoms with E-state index in [1.807, 2.05) is 11.3 Å². The summed E-state index contributed by atoms with van der Waals surface area (Å²) in [6.07, 6.45) is 0. The molecular formula is C60H44BN3OS. The first-order valence-corrected chi connectivity index (χ1v) is 23.6. The molecule has 4 heterocycles. The maximum Gasteiger partial charge on any atom is 0.264 e. The summed E-state index contributed by atoms with van der Waals surface area (Å²) >= 11 is 1.93. The molecule has 9 aromatic carbocycles. The summed E-state index contributed by atoms with van der Waals surface area (Å²) in [6.45, 7) is 6.83. The zero-order valence-electron chi connectivity index (χ0n) is 36.9. The molecule has 66 heavy (non-hydrogen) atoms. The summed E-state index contributed by atoms with van der Waals surface area (Å²) in [6, 6.07) is 77.6. The molecule has 0 saturated heterocycles. The fourth-order valence-electron chi connectivity index (χ4n) is 10.5. The Balaban J connectivity index is 1.11. The highest BCUT2D eigenvalue weighted by molar-refractivity contribution is 7.33. The second kappa shape index (κ2) is 14.9. The normalized spacial score (nSPS) is 13.0. The van der Waals surface area contributed by atoms with Gasteiger partial charge in [0.05, 0.1) is 11.4 Å². The molecule has 13 rings (SSSR count). The van der Waals surface area contributed by atoms with Crippen LogP contribution in [-0.4, -0.2) is 6.71 Å². The number of hydrogen-bond donors (Lipinski definition) is 0. The molecule has 4 nitrogen and oxygen atoms in total. The average Bonchev–Trinajstić information content (AvgIpc) is 3.94. The third-order valence-corrected chi connectivity index (χ3v) is 14.8. The molecule has 314 valence electrons. The van der Waals surface area contributed by atoms with Crippen molar-refractivity contribution in [3.63, 3.8) is 0 Å². The van der Waals surface area contributed by atoms with Crippen molar-refractivity contribution in [1.82, 2.24) is 0 Å². The van der Waals surface area contributed by atoms with Crippen LogP contribution in [0.25, 0.3) is 43.2 Å². The summed E-state index contributed by atoms with van der Waals surface area (Å²) in [5, 5.41) is 3.48. The molecule has 0 atom stereocenters.